The highest BCUT2D eigenvalue weighted by Crippen LogP contribution is 2.27. The molecule has 0 fully saturated rings. The monoisotopic (exact) mass is 382 g/mol. The second-order valence-electron chi connectivity index (χ2n) is 5.09. The van der Waals surface area contributed by atoms with Gasteiger partial charge in [-0.15, -0.1) is 0 Å². The lowest BCUT2D eigenvalue weighted by Gasteiger charge is -2.10. The van der Waals surface area contributed by atoms with Gasteiger partial charge < -0.3 is 14.5 Å². The highest BCUT2D eigenvalue weighted by molar-refractivity contribution is 6.31. The standard InChI is InChI=1S/C17H10ClF3N2O3/c18-11-7-22-17(24)23-16(11)25-8-9-1-4-15(14(21)5-9)26-10-2-3-12(19)13(20)6-10/h1-7H,8H2,(H,22,23,24). The van der Waals surface area contributed by atoms with E-state index >= 15 is 0 Å². The summed E-state index contributed by atoms with van der Waals surface area (Å²) in [6.07, 6.45) is 1.23. The third-order valence-corrected chi connectivity index (χ3v) is 3.49. The van der Waals surface area contributed by atoms with Crippen LogP contribution in [0.4, 0.5) is 13.2 Å². The summed E-state index contributed by atoms with van der Waals surface area (Å²) in [6.45, 7) is -0.0987. The maximum atomic E-state index is 14.1. The van der Waals surface area contributed by atoms with Gasteiger partial charge in [-0.2, -0.15) is 4.98 Å². The highest BCUT2D eigenvalue weighted by atomic mass is 35.5. The van der Waals surface area contributed by atoms with Crippen molar-refractivity contribution < 1.29 is 22.6 Å². The van der Waals surface area contributed by atoms with Crippen LogP contribution in [0.1, 0.15) is 5.56 Å². The Kier molecular flexibility index (Phi) is 5.13. The Morgan fingerprint density at radius 2 is 1.85 bits per heavy atom. The molecule has 134 valence electrons. The smallest absolute Gasteiger partial charge is 0.348 e. The topological polar surface area (TPSA) is 64.2 Å². The summed E-state index contributed by atoms with van der Waals surface area (Å²) in [5, 5.41) is 0.100. The van der Waals surface area contributed by atoms with Crippen LogP contribution in [-0.2, 0) is 6.61 Å². The van der Waals surface area contributed by atoms with Crippen molar-refractivity contribution in [3.8, 4) is 17.4 Å². The van der Waals surface area contributed by atoms with Crippen molar-refractivity contribution >= 4 is 11.6 Å². The first-order valence-electron chi connectivity index (χ1n) is 7.22. The lowest BCUT2D eigenvalue weighted by Crippen LogP contribution is -2.11. The van der Waals surface area contributed by atoms with Gasteiger partial charge in [-0.1, -0.05) is 17.7 Å². The quantitative estimate of drug-likeness (QED) is 0.718. The van der Waals surface area contributed by atoms with E-state index < -0.39 is 23.1 Å². The molecule has 1 heterocycles. The summed E-state index contributed by atoms with van der Waals surface area (Å²) in [5.41, 5.74) is -0.218. The number of aromatic nitrogens is 2. The molecule has 0 spiro atoms. The number of rotatable bonds is 5. The minimum Gasteiger partial charge on any atom is -0.472 e. The fourth-order valence-electron chi connectivity index (χ4n) is 2.00. The Bertz CT molecular complexity index is 1010. The molecule has 0 aliphatic heterocycles. The number of aromatic amines is 1. The van der Waals surface area contributed by atoms with E-state index in [9.17, 15) is 18.0 Å². The predicted molar refractivity (Wildman–Crippen MR) is 87.0 cm³/mol. The van der Waals surface area contributed by atoms with Crippen molar-refractivity contribution in [1.29, 1.82) is 0 Å². The first-order valence-corrected chi connectivity index (χ1v) is 7.59. The Morgan fingerprint density at radius 3 is 2.58 bits per heavy atom. The molecule has 0 saturated heterocycles. The molecular formula is C17H10ClF3N2O3. The SMILES string of the molecule is O=c1nc(OCc2ccc(Oc3ccc(F)c(F)c3)c(F)c2)c(Cl)c[nH]1. The van der Waals surface area contributed by atoms with Crippen molar-refractivity contribution in [3.05, 3.63) is 81.1 Å². The van der Waals surface area contributed by atoms with E-state index in [1.165, 1.54) is 24.4 Å². The van der Waals surface area contributed by atoms with E-state index in [2.05, 4.69) is 9.97 Å². The van der Waals surface area contributed by atoms with Gasteiger partial charge >= 0.3 is 5.69 Å². The molecular weight excluding hydrogens is 373 g/mol. The zero-order chi connectivity index (χ0) is 18.7. The zero-order valence-electron chi connectivity index (χ0n) is 12.9. The molecule has 0 radical (unpaired) electrons. The van der Waals surface area contributed by atoms with E-state index in [4.69, 9.17) is 21.1 Å². The summed E-state index contributed by atoms with van der Waals surface area (Å²) >= 11 is 5.82. The number of nitrogens with one attached hydrogen (secondary N) is 1. The second kappa shape index (κ2) is 7.49. The zero-order valence-corrected chi connectivity index (χ0v) is 13.7. The van der Waals surface area contributed by atoms with Crippen molar-refractivity contribution in [3.63, 3.8) is 0 Å². The number of ether oxygens (including phenoxy) is 2. The Hall–Kier alpha value is -3.00. The Balaban J connectivity index is 1.71. The van der Waals surface area contributed by atoms with Crippen LogP contribution in [0, 0.1) is 17.5 Å². The average Bonchev–Trinajstić information content (AvgIpc) is 2.61. The van der Waals surface area contributed by atoms with Crippen LogP contribution in [0.2, 0.25) is 5.02 Å². The number of benzene rings is 2. The lowest BCUT2D eigenvalue weighted by molar-refractivity contribution is 0.291. The third kappa shape index (κ3) is 4.15. The Morgan fingerprint density at radius 1 is 1.04 bits per heavy atom. The molecule has 0 unspecified atom stereocenters. The molecule has 0 amide bonds. The molecule has 2 aromatic carbocycles. The van der Waals surface area contributed by atoms with Crippen LogP contribution in [-0.4, -0.2) is 9.97 Å². The number of H-pyrrole nitrogens is 1. The largest absolute Gasteiger partial charge is 0.472 e. The van der Waals surface area contributed by atoms with Crippen LogP contribution in [0.15, 0.2) is 47.4 Å². The molecule has 26 heavy (non-hydrogen) atoms. The molecule has 3 rings (SSSR count). The van der Waals surface area contributed by atoms with E-state index in [1.54, 1.807) is 0 Å². The van der Waals surface area contributed by atoms with Gasteiger partial charge in [-0.3, -0.25) is 0 Å². The molecule has 1 N–H and O–H groups in total. The second-order valence-corrected chi connectivity index (χ2v) is 5.50. The third-order valence-electron chi connectivity index (χ3n) is 3.22. The van der Waals surface area contributed by atoms with Crippen LogP contribution in [0.5, 0.6) is 17.4 Å². The summed E-state index contributed by atoms with van der Waals surface area (Å²) < 4.78 is 50.7. The minimum absolute atomic E-state index is 0.0497. The molecule has 5 nitrogen and oxygen atoms in total. The number of halogens is 4. The van der Waals surface area contributed by atoms with Crippen molar-refractivity contribution in [2.75, 3.05) is 0 Å². The molecule has 0 aliphatic carbocycles. The van der Waals surface area contributed by atoms with Crippen molar-refractivity contribution in [2.24, 2.45) is 0 Å². The molecule has 0 aliphatic rings. The summed E-state index contributed by atoms with van der Waals surface area (Å²) in [7, 11) is 0. The normalized spacial score (nSPS) is 10.6. The van der Waals surface area contributed by atoms with E-state index in [0.29, 0.717) is 5.56 Å². The van der Waals surface area contributed by atoms with Gasteiger partial charge in [-0.05, 0) is 29.8 Å². The van der Waals surface area contributed by atoms with Crippen LogP contribution < -0.4 is 15.2 Å². The molecule has 1 aromatic heterocycles. The summed E-state index contributed by atoms with van der Waals surface area (Å²) in [5.74, 6) is -3.18. The predicted octanol–water partition coefficient (Wildman–Crippen LogP) is 4.21. The lowest BCUT2D eigenvalue weighted by atomic mass is 10.2. The van der Waals surface area contributed by atoms with Gasteiger partial charge in [0.1, 0.15) is 17.4 Å². The molecule has 0 atom stereocenters. The number of hydrogen-bond acceptors (Lipinski definition) is 4. The first-order chi connectivity index (χ1) is 12.4. The van der Waals surface area contributed by atoms with Crippen molar-refractivity contribution in [2.45, 2.75) is 6.61 Å². The fourth-order valence-corrected chi connectivity index (χ4v) is 2.15. The maximum absolute atomic E-state index is 14.1. The van der Waals surface area contributed by atoms with Gasteiger partial charge in [-0.25, -0.2) is 18.0 Å². The molecule has 9 heteroatoms. The van der Waals surface area contributed by atoms with Gasteiger partial charge in [0.2, 0.25) is 5.88 Å². The summed E-state index contributed by atoms with van der Waals surface area (Å²) in [6, 6.07) is 6.81. The maximum Gasteiger partial charge on any atom is 0.348 e. The van der Waals surface area contributed by atoms with E-state index in [0.717, 1.165) is 18.2 Å². The molecule has 0 saturated carbocycles. The van der Waals surface area contributed by atoms with E-state index in [-0.39, 0.29) is 29.0 Å². The van der Waals surface area contributed by atoms with Gasteiger partial charge in [0.25, 0.3) is 0 Å². The molecule has 3 aromatic rings. The molecule has 0 bridgehead atoms. The van der Waals surface area contributed by atoms with E-state index in [1.807, 2.05) is 0 Å². The van der Waals surface area contributed by atoms with Crippen molar-refractivity contribution in [1.82, 2.24) is 9.97 Å². The fraction of sp³-hybridized carbons (Fsp3) is 0.0588. The van der Waals surface area contributed by atoms with Crippen LogP contribution in [0.25, 0.3) is 0 Å². The number of nitrogens with zero attached hydrogens (tertiary/aromatic N) is 1. The van der Waals surface area contributed by atoms with Gasteiger partial charge in [0.15, 0.2) is 23.2 Å². The van der Waals surface area contributed by atoms with Gasteiger partial charge in [0, 0.05) is 12.3 Å². The Labute approximate surface area is 150 Å². The number of hydrogen-bond donors (Lipinski definition) is 1. The average molecular weight is 383 g/mol. The highest BCUT2D eigenvalue weighted by Gasteiger charge is 2.10. The van der Waals surface area contributed by atoms with Crippen LogP contribution >= 0.6 is 11.6 Å². The summed E-state index contributed by atoms with van der Waals surface area (Å²) in [4.78, 5) is 17.0. The minimum atomic E-state index is -1.10. The van der Waals surface area contributed by atoms with Gasteiger partial charge in [0.05, 0.1) is 0 Å². The first kappa shape index (κ1) is 17.8. The van der Waals surface area contributed by atoms with Crippen LogP contribution in [0.3, 0.4) is 0 Å².